The number of H-pyrrole nitrogens is 1. The van der Waals surface area contributed by atoms with Gasteiger partial charge in [0, 0.05) is 21.5 Å². The average molecular weight is 465 g/mol. The molecule has 2 heterocycles. The van der Waals surface area contributed by atoms with E-state index < -0.39 is 0 Å². The van der Waals surface area contributed by atoms with Crippen LogP contribution in [0.15, 0.2) is 101 Å². The summed E-state index contributed by atoms with van der Waals surface area (Å²) in [4.78, 5) is 16.9. The molecule has 164 valence electrons. The van der Waals surface area contributed by atoms with Gasteiger partial charge in [0.2, 0.25) is 11.6 Å². The van der Waals surface area contributed by atoms with Crippen molar-refractivity contribution in [3.05, 3.63) is 107 Å². The Morgan fingerprint density at radius 3 is 2.44 bits per heavy atom. The molecular weight excluding hydrogens is 448 g/mol. The highest BCUT2D eigenvalue weighted by Crippen LogP contribution is 2.41. The van der Waals surface area contributed by atoms with Crippen LogP contribution in [0.2, 0.25) is 5.02 Å². The standard InChI is InChI=1S/C27H17ClN4O2/c28-18-11-6-12-19(15-18)30-31-27-25(34)23(24(33)17-7-2-1-3-8-17)26-29-20-13-4-9-16-10-5-14-21(22(16)20)32(26)27/h1-15,29,34H. The number of nitrogens with zero attached hydrogens (tertiary/aromatic N) is 3. The van der Waals surface area contributed by atoms with Crippen molar-refractivity contribution in [3.63, 3.8) is 0 Å². The summed E-state index contributed by atoms with van der Waals surface area (Å²) in [5.74, 6) is -0.402. The van der Waals surface area contributed by atoms with Crippen LogP contribution in [0.3, 0.4) is 0 Å². The van der Waals surface area contributed by atoms with E-state index in [1.807, 2.05) is 42.5 Å². The molecule has 0 amide bonds. The van der Waals surface area contributed by atoms with Crippen molar-refractivity contribution < 1.29 is 9.90 Å². The molecule has 7 heteroatoms. The Bertz CT molecular complexity index is 1740. The minimum Gasteiger partial charge on any atom is -0.504 e. The van der Waals surface area contributed by atoms with Crippen molar-refractivity contribution in [2.24, 2.45) is 10.2 Å². The number of aromatic nitrogens is 2. The van der Waals surface area contributed by atoms with Gasteiger partial charge in [-0.05, 0) is 35.7 Å². The van der Waals surface area contributed by atoms with E-state index in [4.69, 9.17) is 11.6 Å². The van der Waals surface area contributed by atoms with Crippen LogP contribution in [-0.2, 0) is 0 Å². The van der Waals surface area contributed by atoms with Crippen molar-refractivity contribution in [1.82, 2.24) is 9.38 Å². The maximum atomic E-state index is 13.5. The molecule has 6 rings (SSSR count). The Morgan fingerprint density at radius 2 is 1.65 bits per heavy atom. The van der Waals surface area contributed by atoms with Gasteiger partial charge in [-0.15, -0.1) is 10.2 Å². The fourth-order valence-corrected chi connectivity index (χ4v) is 4.51. The summed E-state index contributed by atoms with van der Waals surface area (Å²) < 4.78 is 1.74. The number of azo groups is 1. The molecular formula is C27H17ClN4O2. The predicted molar refractivity (Wildman–Crippen MR) is 134 cm³/mol. The second-order valence-corrected chi connectivity index (χ2v) is 8.35. The minimum absolute atomic E-state index is 0.137. The number of hydrogen-bond donors (Lipinski definition) is 2. The molecule has 0 saturated carbocycles. The number of ketones is 1. The van der Waals surface area contributed by atoms with Crippen molar-refractivity contribution in [2.45, 2.75) is 0 Å². The van der Waals surface area contributed by atoms with Crippen molar-refractivity contribution in [1.29, 1.82) is 0 Å². The van der Waals surface area contributed by atoms with Crippen LogP contribution in [0.5, 0.6) is 5.75 Å². The number of rotatable bonds is 4. The van der Waals surface area contributed by atoms with Crippen molar-refractivity contribution in [2.75, 3.05) is 0 Å². The molecule has 6 aromatic rings. The van der Waals surface area contributed by atoms with Gasteiger partial charge in [-0.25, -0.2) is 0 Å². The highest BCUT2D eigenvalue weighted by Gasteiger charge is 2.27. The van der Waals surface area contributed by atoms with Crippen LogP contribution in [0.1, 0.15) is 15.9 Å². The molecule has 4 aromatic carbocycles. The molecule has 0 spiro atoms. The zero-order chi connectivity index (χ0) is 23.2. The van der Waals surface area contributed by atoms with Gasteiger partial charge in [-0.2, -0.15) is 0 Å². The van der Waals surface area contributed by atoms with Gasteiger partial charge in [0.1, 0.15) is 11.2 Å². The van der Waals surface area contributed by atoms with Crippen molar-refractivity contribution in [3.8, 4) is 5.75 Å². The Morgan fingerprint density at radius 1 is 0.882 bits per heavy atom. The predicted octanol–water partition coefficient (Wildman–Crippen LogP) is 7.58. The zero-order valence-electron chi connectivity index (χ0n) is 17.7. The molecule has 0 saturated heterocycles. The molecule has 2 aromatic heterocycles. The number of carbonyl (C=O) groups is 1. The molecule has 0 aliphatic rings. The van der Waals surface area contributed by atoms with Gasteiger partial charge < -0.3 is 10.1 Å². The molecule has 34 heavy (non-hydrogen) atoms. The number of aromatic hydroxyl groups is 1. The lowest BCUT2D eigenvalue weighted by Gasteiger charge is -2.10. The Kier molecular flexibility index (Phi) is 4.67. The van der Waals surface area contributed by atoms with Gasteiger partial charge in [-0.1, -0.05) is 72.3 Å². The first-order valence-corrected chi connectivity index (χ1v) is 11.0. The maximum absolute atomic E-state index is 13.5. The van der Waals surface area contributed by atoms with E-state index in [1.54, 1.807) is 52.9 Å². The van der Waals surface area contributed by atoms with Crippen LogP contribution in [0.25, 0.3) is 27.5 Å². The minimum atomic E-state index is -0.315. The molecule has 0 unspecified atom stereocenters. The largest absolute Gasteiger partial charge is 0.504 e. The first-order chi connectivity index (χ1) is 16.6. The number of carbonyl (C=O) groups excluding carboxylic acids is 1. The molecule has 0 fully saturated rings. The van der Waals surface area contributed by atoms with E-state index >= 15 is 0 Å². The number of fused-ring (bicyclic) bond motifs is 2. The third-order valence-corrected chi connectivity index (χ3v) is 6.06. The van der Waals surface area contributed by atoms with E-state index in [2.05, 4.69) is 15.2 Å². The Labute approximate surface area is 198 Å². The molecule has 0 atom stereocenters. The number of nitrogens with one attached hydrogen (secondary N) is 1. The quantitative estimate of drug-likeness (QED) is 0.208. The Balaban J connectivity index is 1.70. The monoisotopic (exact) mass is 464 g/mol. The fraction of sp³-hybridized carbons (Fsp3) is 0. The van der Waals surface area contributed by atoms with Gasteiger partial charge in [0.15, 0.2) is 5.75 Å². The third-order valence-electron chi connectivity index (χ3n) is 5.83. The summed E-state index contributed by atoms with van der Waals surface area (Å²) in [6, 6.07) is 27.6. The Hall–Kier alpha value is -4.42. The highest BCUT2D eigenvalue weighted by molar-refractivity contribution is 6.30. The summed E-state index contributed by atoms with van der Waals surface area (Å²) in [5, 5.41) is 22.5. The van der Waals surface area contributed by atoms with Crippen LogP contribution in [0, 0.1) is 0 Å². The van der Waals surface area contributed by atoms with Crippen LogP contribution in [0.4, 0.5) is 11.5 Å². The van der Waals surface area contributed by atoms with Gasteiger partial charge in [-0.3, -0.25) is 9.20 Å². The number of aromatic amines is 1. The SMILES string of the molecule is O=C(c1ccccc1)c1c(O)c(N=Nc2cccc(Cl)c2)n2c1[nH]c1cccc3cccc2c31. The molecule has 2 N–H and O–H groups in total. The second kappa shape index (κ2) is 7.86. The number of hydrogen-bond acceptors (Lipinski definition) is 4. The molecule has 0 radical (unpaired) electrons. The average Bonchev–Trinajstić information content (AvgIpc) is 3.14. The molecule has 6 nitrogen and oxygen atoms in total. The van der Waals surface area contributed by atoms with E-state index in [1.165, 1.54) is 0 Å². The lowest BCUT2D eigenvalue weighted by molar-refractivity contribution is 0.103. The molecule has 0 aliphatic heterocycles. The first-order valence-electron chi connectivity index (χ1n) is 10.7. The summed E-state index contributed by atoms with van der Waals surface area (Å²) >= 11 is 6.09. The van der Waals surface area contributed by atoms with E-state index in [-0.39, 0.29) is 22.9 Å². The number of benzene rings is 4. The highest BCUT2D eigenvalue weighted by atomic mass is 35.5. The summed E-state index contributed by atoms with van der Waals surface area (Å²) in [7, 11) is 0. The van der Waals surface area contributed by atoms with Gasteiger partial charge in [0.05, 0.1) is 11.2 Å². The lowest BCUT2D eigenvalue weighted by Crippen LogP contribution is -2.02. The molecule has 0 bridgehead atoms. The topological polar surface area (TPSA) is 82.2 Å². The van der Waals surface area contributed by atoms with Crippen LogP contribution < -0.4 is 0 Å². The maximum Gasteiger partial charge on any atom is 0.204 e. The summed E-state index contributed by atoms with van der Waals surface area (Å²) in [6.07, 6.45) is 0. The molecule has 0 aliphatic carbocycles. The van der Waals surface area contributed by atoms with E-state index in [9.17, 15) is 9.90 Å². The van der Waals surface area contributed by atoms with Crippen molar-refractivity contribution >= 4 is 56.3 Å². The summed E-state index contributed by atoms with van der Waals surface area (Å²) in [5.41, 5.74) is 3.21. The fourth-order valence-electron chi connectivity index (χ4n) is 4.32. The van der Waals surface area contributed by atoms with Crippen LogP contribution >= 0.6 is 11.6 Å². The smallest absolute Gasteiger partial charge is 0.204 e. The van der Waals surface area contributed by atoms with Crippen LogP contribution in [-0.4, -0.2) is 20.3 Å². The van der Waals surface area contributed by atoms with E-state index in [0.717, 1.165) is 21.8 Å². The normalized spacial score (nSPS) is 11.8. The number of halogens is 1. The zero-order valence-corrected chi connectivity index (χ0v) is 18.5. The van der Waals surface area contributed by atoms with E-state index in [0.29, 0.717) is 21.9 Å². The van der Waals surface area contributed by atoms with Gasteiger partial charge >= 0.3 is 0 Å². The second-order valence-electron chi connectivity index (χ2n) is 7.91. The lowest BCUT2D eigenvalue weighted by atomic mass is 10.0. The summed E-state index contributed by atoms with van der Waals surface area (Å²) in [6.45, 7) is 0. The first kappa shape index (κ1) is 20.2. The van der Waals surface area contributed by atoms with Gasteiger partial charge in [0.25, 0.3) is 0 Å². The third kappa shape index (κ3) is 3.16.